The normalized spacial score (nSPS) is 21.8. The molecule has 0 radical (unpaired) electrons. The van der Waals surface area contributed by atoms with Crippen LogP contribution in [0.5, 0.6) is 0 Å². The minimum absolute atomic E-state index is 0.0754. The minimum atomic E-state index is -0.881. The molecule has 0 spiro atoms. The van der Waals surface area contributed by atoms with Crippen molar-refractivity contribution in [2.45, 2.75) is 18.4 Å². The number of hydrogen-bond acceptors (Lipinski definition) is 1. The zero-order valence-corrected chi connectivity index (χ0v) is 10.6. The number of hydrogen-bond donors (Lipinski definition) is 1. The van der Waals surface area contributed by atoms with Crippen LogP contribution in [-0.2, 0) is 4.79 Å². The molecule has 0 saturated carbocycles. The van der Waals surface area contributed by atoms with E-state index in [-0.39, 0.29) is 24.3 Å². The molecule has 0 aromatic heterocycles. The van der Waals surface area contributed by atoms with Crippen LogP contribution in [-0.4, -0.2) is 5.91 Å². The molecule has 1 saturated heterocycles. The van der Waals surface area contributed by atoms with Gasteiger partial charge in [0.25, 0.3) is 0 Å². The molecule has 2 aromatic rings. The Balaban J connectivity index is 1.98. The smallest absolute Gasteiger partial charge is 0.221 e. The van der Waals surface area contributed by atoms with Gasteiger partial charge in [-0.25, -0.2) is 8.78 Å². The van der Waals surface area contributed by atoms with Crippen LogP contribution in [0, 0.1) is 11.6 Å². The topological polar surface area (TPSA) is 29.1 Å². The van der Waals surface area contributed by atoms with Gasteiger partial charge in [0.2, 0.25) is 5.91 Å². The molecule has 2 atom stereocenters. The van der Waals surface area contributed by atoms with E-state index < -0.39 is 11.6 Å². The Hall–Kier alpha value is -2.23. The molecule has 4 heteroatoms. The summed E-state index contributed by atoms with van der Waals surface area (Å²) in [6.07, 6.45) is 0.282. The predicted octanol–water partition coefficient (Wildman–Crippen LogP) is 3.31. The van der Waals surface area contributed by atoms with Gasteiger partial charge in [0.1, 0.15) is 0 Å². The molecule has 20 heavy (non-hydrogen) atoms. The summed E-state index contributed by atoms with van der Waals surface area (Å²) in [4.78, 5) is 11.7. The molecular weight excluding hydrogens is 260 g/mol. The van der Waals surface area contributed by atoms with Gasteiger partial charge in [0, 0.05) is 12.3 Å². The average Bonchev–Trinajstić information content (AvgIpc) is 2.85. The predicted molar refractivity (Wildman–Crippen MR) is 71.0 cm³/mol. The van der Waals surface area contributed by atoms with Gasteiger partial charge in [0.05, 0.1) is 6.04 Å². The van der Waals surface area contributed by atoms with E-state index in [9.17, 15) is 13.6 Å². The molecule has 1 aliphatic rings. The maximum atomic E-state index is 13.4. The molecule has 1 heterocycles. The maximum absolute atomic E-state index is 13.4. The van der Waals surface area contributed by atoms with Crippen LogP contribution in [0.2, 0.25) is 0 Å². The Bertz CT molecular complexity index is 642. The molecule has 1 amide bonds. The van der Waals surface area contributed by atoms with Crippen molar-refractivity contribution in [3.8, 4) is 0 Å². The lowest BCUT2D eigenvalue weighted by molar-refractivity contribution is -0.119. The summed E-state index contributed by atoms with van der Waals surface area (Å²) >= 11 is 0. The second-order valence-electron chi connectivity index (χ2n) is 4.94. The first-order valence-corrected chi connectivity index (χ1v) is 6.44. The summed E-state index contributed by atoms with van der Waals surface area (Å²) in [7, 11) is 0. The molecule has 0 bridgehead atoms. The van der Waals surface area contributed by atoms with Gasteiger partial charge < -0.3 is 5.32 Å². The Labute approximate surface area is 115 Å². The number of halogens is 2. The van der Waals surface area contributed by atoms with E-state index in [0.29, 0.717) is 5.56 Å². The highest BCUT2D eigenvalue weighted by Crippen LogP contribution is 2.38. The number of benzene rings is 2. The van der Waals surface area contributed by atoms with E-state index in [4.69, 9.17) is 0 Å². The van der Waals surface area contributed by atoms with E-state index in [1.165, 1.54) is 6.07 Å². The summed E-state index contributed by atoms with van der Waals surface area (Å²) in [6, 6.07) is 13.1. The van der Waals surface area contributed by atoms with E-state index in [1.54, 1.807) is 6.07 Å². The molecule has 1 aliphatic heterocycles. The van der Waals surface area contributed by atoms with Crippen molar-refractivity contribution < 1.29 is 13.6 Å². The van der Waals surface area contributed by atoms with Crippen molar-refractivity contribution in [3.63, 3.8) is 0 Å². The standard InChI is InChI=1S/C16H13F2NO/c17-13-7-6-11(8-14(13)18)12-9-15(20)19-16(12)10-4-2-1-3-5-10/h1-8,12,16H,9H2,(H,19,20). The lowest BCUT2D eigenvalue weighted by atomic mass is 9.88. The number of nitrogens with one attached hydrogen (secondary N) is 1. The van der Waals surface area contributed by atoms with Gasteiger partial charge in [-0.05, 0) is 23.3 Å². The van der Waals surface area contributed by atoms with Crippen molar-refractivity contribution in [3.05, 3.63) is 71.3 Å². The fourth-order valence-corrected chi connectivity index (χ4v) is 2.68. The van der Waals surface area contributed by atoms with Crippen molar-refractivity contribution in [1.29, 1.82) is 0 Å². The van der Waals surface area contributed by atoms with Crippen LogP contribution in [0.15, 0.2) is 48.5 Å². The molecule has 2 aromatic carbocycles. The van der Waals surface area contributed by atoms with Gasteiger partial charge in [0.15, 0.2) is 11.6 Å². The lowest BCUT2D eigenvalue weighted by Gasteiger charge is -2.19. The monoisotopic (exact) mass is 273 g/mol. The highest BCUT2D eigenvalue weighted by atomic mass is 19.2. The van der Waals surface area contributed by atoms with Crippen molar-refractivity contribution in [2.75, 3.05) is 0 Å². The largest absolute Gasteiger partial charge is 0.349 e. The second kappa shape index (κ2) is 5.04. The number of carbonyl (C=O) groups excluding carboxylic acids is 1. The van der Waals surface area contributed by atoms with Gasteiger partial charge in [-0.1, -0.05) is 36.4 Å². The number of amides is 1. The summed E-state index contributed by atoms with van der Waals surface area (Å²) in [5.74, 6) is -2.01. The SMILES string of the molecule is O=C1CC(c2ccc(F)c(F)c2)C(c2ccccc2)N1. The third-order valence-corrected chi connectivity index (χ3v) is 3.65. The van der Waals surface area contributed by atoms with Gasteiger partial charge in [-0.2, -0.15) is 0 Å². The fourth-order valence-electron chi connectivity index (χ4n) is 2.68. The van der Waals surface area contributed by atoms with Crippen molar-refractivity contribution >= 4 is 5.91 Å². The van der Waals surface area contributed by atoms with E-state index in [1.807, 2.05) is 30.3 Å². The number of carbonyl (C=O) groups is 1. The first-order chi connectivity index (χ1) is 9.65. The summed E-state index contributed by atoms with van der Waals surface area (Å²) in [6.45, 7) is 0. The summed E-state index contributed by atoms with van der Waals surface area (Å²) in [5.41, 5.74) is 1.60. The zero-order chi connectivity index (χ0) is 14.1. The van der Waals surface area contributed by atoms with Crippen LogP contribution < -0.4 is 5.32 Å². The maximum Gasteiger partial charge on any atom is 0.221 e. The Morgan fingerprint density at radius 1 is 0.950 bits per heavy atom. The molecule has 0 aliphatic carbocycles. The van der Waals surface area contributed by atoms with Gasteiger partial charge in [-0.15, -0.1) is 0 Å². The van der Waals surface area contributed by atoms with Crippen LogP contribution in [0.25, 0.3) is 0 Å². The van der Waals surface area contributed by atoms with Crippen molar-refractivity contribution in [2.24, 2.45) is 0 Å². The summed E-state index contributed by atoms with van der Waals surface area (Å²) in [5, 5.41) is 2.90. The zero-order valence-electron chi connectivity index (χ0n) is 10.6. The summed E-state index contributed by atoms with van der Waals surface area (Å²) < 4.78 is 26.4. The van der Waals surface area contributed by atoms with E-state index >= 15 is 0 Å². The van der Waals surface area contributed by atoms with Crippen LogP contribution in [0.1, 0.15) is 29.5 Å². The van der Waals surface area contributed by atoms with Crippen LogP contribution in [0.3, 0.4) is 0 Å². The van der Waals surface area contributed by atoms with Crippen molar-refractivity contribution in [1.82, 2.24) is 5.32 Å². The first-order valence-electron chi connectivity index (χ1n) is 6.44. The lowest BCUT2D eigenvalue weighted by Crippen LogP contribution is -2.20. The Kier molecular flexibility index (Phi) is 3.22. The van der Waals surface area contributed by atoms with Crippen LogP contribution in [0.4, 0.5) is 8.78 Å². The molecular formula is C16H13F2NO. The molecule has 2 nitrogen and oxygen atoms in total. The fraction of sp³-hybridized carbons (Fsp3) is 0.188. The Morgan fingerprint density at radius 2 is 1.70 bits per heavy atom. The quantitative estimate of drug-likeness (QED) is 0.893. The minimum Gasteiger partial charge on any atom is -0.349 e. The van der Waals surface area contributed by atoms with E-state index in [0.717, 1.165) is 11.6 Å². The van der Waals surface area contributed by atoms with Crippen LogP contribution >= 0.6 is 0 Å². The first kappa shape index (κ1) is 12.8. The number of rotatable bonds is 2. The third-order valence-electron chi connectivity index (χ3n) is 3.65. The van der Waals surface area contributed by atoms with Gasteiger partial charge in [-0.3, -0.25) is 4.79 Å². The Morgan fingerprint density at radius 3 is 2.40 bits per heavy atom. The third kappa shape index (κ3) is 2.29. The highest BCUT2D eigenvalue weighted by Gasteiger charge is 2.34. The molecule has 102 valence electrons. The molecule has 1 fully saturated rings. The van der Waals surface area contributed by atoms with Gasteiger partial charge >= 0.3 is 0 Å². The van der Waals surface area contributed by atoms with E-state index in [2.05, 4.69) is 5.32 Å². The molecule has 1 N–H and O–H groups in total. The highest BCUT2D eigenvalue weighted by molar-refractivity contribution is 5.80. The molecule has 2 unspecified atom stereocenters. The second-order valence-corrected chi connectivity index (χ2v) is 4.94. The molecule has 3 rings (SSSR count). The average molecular weight is 273 g/mol.